The topological polar surface area (TPSA) is 26.3 Å². The molecule has 0 N–H and O–H groups in total. The predicted octanol–water partition coefficient (Wildman–Crippen LogP) is 4.78. The standard InChI is InChI=1S/C16H14Cl2O2/c1-11(16(19)13-5-7-14(17)8-6-13)20-10-12-3-2-4-15(18)9-12/h2-9,11H,10H2,1H3. The summed E-state index contributed by atoms with van der Waals surface area (Å²) in [6.07, 6.45) is -0.518. The first-order valence-corrected chi connectivity index (χ1v) is 6.97. The van der Waals surface area contributed by atoms with Crippen LogP contribution in [0.4, 0.5) is 0 Å². The van der Waals surface area contributed by atoms with Crippen LogP contribution in [0.25, 0.3) is 0 Å². The molecule has 0 heterocycles. The number of ketones is 1. The largest absolute Gasteiger partial charge is 0.366 e. The Balaban J connectivity index is 1.96. The zero-order valence-electron chi connectivity index (χ0n) is 11.0. The molecule has 20 heavy (non-hydrogen) atoms. The van der Waals surface area contributed by atoms with E-state index in [0.717, 1.165) is 5.56 Å². The zero-order valence-corrected chi connectivity index (χ0v) is 12.5. The van der Waals surface area contributed by atoms with E-state index in [1.165, 1.54) is 0 Å². The highest BCUT2D eigenvalue weighted by Crippen LogP contribution is 2.15. The van der Waals surface area contributed by atoms with Crippen molar-refractivity contribution in [1.82, 2.24) is 0 Å². The van der Waals surface area contributed by atoms with Crippen molar-refractivity contribution in [2.45, 2.75) is 19.6 Å². The Bertz CT molecular complexity index is 594. The second kappa shape index (κ2) is 6.89. The van der Waals surface area contributed by atoms with Crippen molar-refractivity contribution in [3.8, 4) is 0 Å². The summed E-state index contributed by atoms with van der Waals surface area (Å²) >= 11 is 11.7. The van der Waals surface area contributed by atoms with Gasteiger partial charge in [0.1, 0.15) is 6.10 Å². The Kier molecular flexibility index (Phi) is 5.18. The lowest BCUT2D eigenvalue weighted by Crippen LogP contribution is -2.20. The van der Waals surface area contributed by atoms with E-state index in [1.807, 2.05) is 18.2 Å². The van der Waals surface area contributed by atoms with Gasteiger partial charge < -0.3 is 4.74 Å². The summed E-state index contributed by atoms with van der Waals surface area (Å²) in [5.41, 5.74) is 1.53. The minimum absolute atomic E-state index is 0.0660. The molecule has 0 saturated carbocycles. The van der Waals surface area contributed by atoms with E-state index >= 15 is 0 Å². The van der Waals surface area contributed by atoms with Gasteiger partial charge in [0, 0.05) is 15.6 Å². The number of hydrogen-bond donors (Lipinski definition) is 0. The molecule has 2 aromatic carbocycles. The van der Waals surface area contributed by atoms with E-state index in [-0.39, 0.29) is 5.78 Å². The number of carbonyl (C=O) groups excluding carboxylic acids is 1. The van der Waals surface area contributed by atoms with Crippen molar-refractivity contribution in [3.05, 3.63) is 69.7 Å². The Labute approximate surface area is 128 Å². The molecule has 0 spiro atoms. The van der Waals surface area contributed by atoms with E-state index in [1.54, 1.807) is 37.3 Å². The van der Waals surface area contributed by atoms with Crippen LogP contribution in [0.1, 0.15) is 22.8 Å². The number of rotatable bonds is 5. The Hall–Kier alpha value is -1.35. The highest BCUT2D eigenvalue weighted by Gasteiger charge is 2.15. The van der Waals surface area contributed by atoms with Crippen LogP contribution in [0, 0.1) is 0 Å². The fourth-order valence-electron chi connectivity index (χ4n) is 1.77. The van der Waals surface area contributed by atoms with Gasteiger partial charge in [-0.15, -0.1) is 0 Å². The van der Waals surface area contributed by atoms with Gasteiger partial charge in [-0.25, -0.2) is 0 Å². The molecule has 0 bridgehead atoms. The molecule has 0 aliphatic rings. The fourth-order valence-corrected chi connectivity index (χ4v) is 2.11. The second-order valence-corrected chi connectivity index (χ2v) is 5.33. The summed E-state index contributed by atoms with van der Waals surface area (Å²) < 4.78 is 5.59. The van der Waals surface area contributed by atoms with Gasteiger partial charge in [-0.2, -0.15) is 0 Å². The molecule has 0 fully saturated rings. The molecule has 0 aromatic heterocycles. The molecule has 2 nitrogen and oxygen atoms in total. The molecule has 0 aliphatic carbocycles. The predicted molar refractivity (Wildman–Crippen MR) is 81.5 cm³/mol. The van der Waals surface area contributed by atoms with Crippen molar-refractivity contribution in [1.29, 1.82) is 0 Å². The highest BCUT2D eigenvalue weighted by atomic mass is 35.5. The zero-order chi connectivity index (χ0) is 14.5. The van der Waals surface area contributed by atoms with E-state index in [0.29, 0.717) is 22.2 Å². The van der Waals surface area contributed by atoms with Crippen LogP contribution in [0.3, 0.4) is 0 Å². The van der Waals surface area contributed by atoms with E-state index in [4.69, 9.17) is 27.9 Å². The first-order valence-electron chi connectivity index (χ1n) is 6.22. The van der Waals surface area contributed by atoms with Crippen LogP contribution in [0.2, 0.25) is 10.0 Å². The lowest BCUT2D eigenvalue weighted by atomic mass is 10.1. The van der Waals surface area contributed by atoms with Gasteiger partial charge in [0.2, 0.25) is 0 Å². The SMILES string of the molecule is CC(OCc1cccc(Cl)c1)C(=O)c1ccc(Cl)cc1. The van der Waals surface area contributed by atoms with Gasteiger partial charge in [-0.1, -0.05) is 35.3 Å². The molecule has 4 heteroatoms. The first kappa shape index (κ1) is 15.0. The first-order chi connectivity index (χ1) is 9.56. The third-order valence-corrected chi connectivity index (χ3v) is 3.37. The van der Waals surface area contributed by atoms with Crippen LogP contribution < -0.4 is 0 Å². The summed E-state index contributed by atoms with van der Waals surface area (Å²) in [5, 5.41) is 1.26. The second-order valence-electron chi connectivity index (χ2n) is 4.45. The average Bonchev–Trinajstić information content (AvgIpc) is 2.45. The summed E-state index contributed by atoms with van der Waals surface area (Å²) in [7, 11) is 0. The van der Waals surface area contributed by atoms with Crippen LogP contribution in [0.5, 0.6) is 0 Å². The van der Waals surface area contributed by atoms with Crippen molar-refractivity contribution in [2.24, 2.45) is 0 Å². The third kappa shape index (κ3) is 4.07. The highest BCUT2D eigenvalue weighted by molar-refractivity contribution is 6.30. The van der Waals surface area contributed by atoms with Crippen molar-refractivity contribution in [2.75, 3.05) is 0 Å². The monoisotopic (exact) mass is 308 g/mol. The number of benzene rings is 2. The number of hydrogen-bond acceptors (Lipinski definition) is 2. The normalized spacial score (nSPS) is 12.2. The molecule has 0 amide bonds. The molecule has 2 rings (SSSR count). The lowest BCUT2D eigenvalue weighted by molar-refractivity contribution is 0.0412. The maximum absolute atomic E-state index is 12.1. The Morgan fingerprint density at radius 1 is 1.10 bits per heavy atom. The summed E-state index contributed by atoms with van der Waals surface area (Å²) in [6, 6.07) is 14.2. The van der Waals surface area contributed by atoms with E-state index < -0.39 is 6.10 Å². The minimum atomic E-state index is -0.518. The van der Waals surface area contributed by atoms with Gasteiger partial charge in [-0.05, 0) is 48.9 Å². The van der Waals surface area contributed by atoms with Crippen LogP contribution in [-0.2, 0) is 11.3 Å². The number of Topliss-reactive ketones (excluding diaryl/α,β-unsaturated/α-hetero) is 1. The van der Waals surface area contributed by atoms with Crippen LogP contribution in [-0.4, -0.2) is 11.9 Å². The molecule has 1 unspecified atom stereocenters. The van der Waals surface area contributed by atoms with Gasteiger partial charge in [0.25, 0.3) is 0 Å². The Morgan fingerprint density at radius 3 is 2.45 bits per heavy atom. The smallest absolute Gasteiger partial charge is 0.191 e. The van der Waals surface area contributed by atoms with Gasteiger partial charge >= 0.3 is 0 Å². The van der Waals surface area contributed by atoms with Crippen LogP contribution >= 0.6 is 23.2 Å². The molecule has 1 atom stereocenters. The minimum Gasteiger partial charge on any atom is -0.366 e. The molecular formula is C16H14Cl2O2. The van der Waals surface area contributed by atoms with E-state index in [2.05, 4.69) is 0 Å². The number of ether oxygens (including phenoxy) is 1. The fraction of sp³-hybridized carbons (Fsp3) is 0.188. The maximum Gasteiger partial charge on any atom is 0.191 e. The summed E-state index contributed by atoms with van der Waals surface area (Å²) in [4.78, 5) is 12.1. The van der Waals surface area contributed by atoms with Gasteiger partial charge in [0.05, 0.1) is 6.61 Å². The molecule has 104 valence electrons. The average molecular weight is 309 g/mol. The van der Waals surface area contributed by atoms with Gasteiger partial charge in [0.15, 0.2) is 5.78 Å². The molecule has 0 saturated heterocycles. The van der Waals surface area contributed by atoms with Crippen molar-refractivity contribution < 1.29 is 9.53 Å². The summed E-state index contributed by atoms with van der Waals surface area (Å²) in [6.45, 7) is 2.09. The van der Waals surface area contributed by atoms with Crippen molar-refractivity contribution >= 4 is 29.0 Å². The van der Waals surface area contributed by atoms with Gasteiger partial charge in [-0.3, -0.25) is 4.79 Å². The van der Waals surface area contributed by atoms with Crippen LogP contribution in [0.15, 0.2) is 48.5 Å². The van der Waals surface area contributed by atoms with Crippen molar-refractivity contribution in [3.63, 3.8) is 0 Å². The number of halogens is 2. The van der Waals surface area contributed by atoms with E-state index in [9.17, 15) is 4.79 Å². The lowest BCUT2D eigenvalue weighted by Gasteiger charge is -2.12. The maximum atomic E-state index is 12.1. The molecule has 0 aliphatic heterocycles. The molecule has 0 radical (unpaired) electrons. The quantitative estimate of drug-likeness (QED) is 0.743. The molecule has 2 aromatic rings. The molecular weight excluding hydrogens is 295 g/mol. The number of carbonyl (C=O) groups is 1. The summed E-state index contributed by atoms with van der Waals surface area (Å²) in [5.74, 6) is -0.0660. The third-order valence-electron chi connectivity index (χ3n) is 2.89. The Morgan fingerprint density at radius 2 is 1.80 bits per heavy atom.